The van der Waals surface area contributed by atoms with Gasteiger partial charge in [-0.3, -0.25) is 0 Å². The molecule has 4 nitrogen and oxygen atoms in total. The summed E-state index contributed by atoms with van der Waals surface area (Å²) in [5.41, 5.74) is 3.11. The highest BCUT2D eigenvalue weighted by Gasteiger charge is 2.20. The highest BCUT2D eigenvalue weighted by atomic mass is 32.2. The lowest BCUT2D eigenvalue weighted by molar-refractivity contribution is 0.252. The fraction of sp³-hybridized carbons (Fsp3) is 0.421. The Morgan fingerprint density at radius 1 is 1.21 bits per heavy atom. The van der Waals surface area contributed by atoms with Crippen LogP contribution in [0.15, 0.2) is 41.0 Å². The average Bonchev–Trinajstić information content (AvgIpc) is 3.01. The van der Waals surface area contributed by atoms with E-state index in [0.717, 1.165) is 34.1 Å². The topological polar surface area (TPSA) is 54.3 Å². The van der Waals surface area contributed by atoms with Crippen LogP contribution in [0.25, 0.3) is 0 Å². The smallest absolute Gasteiger partial charge is 0.319 e. The van der Waals surface area contributed by atoms with Crippen molar-refractivity contribution in [2.24, 2.45) is 0 Å². The van der Waals surface area contributed by atoms with Gasteiger partial charge in [-0.25, -0.2) is 4.79 Å². The van der Waals surface area contributed by atoms with Crippen LogP contribution in [0, 0.1) is 6.92 Å². The number of carbonyl (C=O) groups is 1. The molecule has 0 spiro atoms. The maximum atomic E-state index is 12.2. The van der Waals surface area contributed by atoms with Gasteiger partial charge >= 0.3 is 6.03 Å². The standard InChI is InChI=1S/C19H26N2O2S/c1-14-7-5-9-16(19(2,3)4)17(14)21-18(22)20-10-12-24-13-15-8-6-11-23-15/h5-9,11H,10,12-13H2,1-4H3,(H2,20,21,22). The monoisotopic (exact) mass is 346 g/mol. The Balaban J connectivity index is 1.82. The van der Waals surface area contributed by atoms with E-state index in [1.807, 2.05) is 31.2 Å². The molecule has 0 radical (unpaired) electrons. The molecular weight excluding hydrogens is 320 g/mol. The van der Waals surface area contributed by atoms with E-state index in [-0.39, 0.29) is 11.4 Å². The van der Waals surface area contributed by atoms with E-state index < -0.39 is 0 Å². The number of carbonyl (C=O) groups excluding carboxylic acids is 1. The number of furan rings is 1. The van der Waals surface area contributed by atoms with Crippen molar-refractivity contribution in [2.75, 3.05) is 17.6 Å². The van der Waals surface area contributed by atoms with Crippen LogP contribution in [0.5, 0.6) is 0 Å². The van der Waals surface area contributed by atoms with Gasteiger partial charge in [0.2, 0.25) is 0 Å². The van der Waals surface area contributed by atoms with Crippen molar-refractivity contribution < 1.29 is 9.21 Å². The van der Waals surface area contributed by atoms with Crippen molar-refractivity contribution in [3.05, 3.63) is 53.5 Å². The summed E-state index contributed by atoms with van der Waals surface area (Å²) in [7, 11) is 0. The van der Waals surface area contributed by atoms with Gasteiger partial charge in [-0.1, -0.05) is 39.0 Å². The van der Waals surface area contributed by atoms with Crippen LogP contribution in [-0.4, -0.2) is 18.3 Å². The summed E-state index contributed by atoms with van der Waals surface area (Å²) in [6.07, 6.45) is 1.68. The van der Waals surface area contributed by atoms with Gasteiger partial charge in [0, 0.05) is 18.0 Å². The van der Waals surface area contributed by atoms with Crippen LogP contribution in [-0.2, 0) is 11.2 Å². The van der Waals surface area contributed by atoms with E-state index in [1.54, 1.807) is 18.0 Å². The summed E-state index contributed by atoms with van der Waals surface area (Å²) in [5.74, 6) is 2.62. The van der Waals surface area contributed by atoms with E-state index in [9.17, 15) is 4.79 Å². The second kappa shape index (κ2) is 8.29. The fourth-order valence-electron chi connectivity index (χ4n) is 2.42. The second-order valence-electron chi connectivity index (χ2n) is 6.76. The van der Waals surface area contributed by atoms with Crippen molar-refractivity contribution >= 4 is 23.5 Å². The molecule has 0 atom stereocenters. The number of nitrogens with one attached hydrogen (secondary N) is 2. The first-order valence-electron chi connectivity index (χ1n) is 8.13. The number of para-hydroxylation sites is 1. The minimum absolute atomic E-state index is 0.0203. The first kappa shape index (κ1) is 18.5. The molecular formula is C19H26N2O2S. The highest BCUT2D eigenvalue weighted by molar-refractivity contribution is 7.98. The lowest BCUT2D eigenvalue weighted by atomic mass is 9.84. The summed E-state index contributed by atoms with van der Waals surface area (Å²) < 4.78 is 5.28. The molecule has 0 aliphatic carbocycles. The van der Waals surface area contributed by atoms with E-state index in [4.69, 9.17) is 4.42 Å². The van der Waals surface area contributed by atoms with Gasteiger partial charge in [-0.2, -0.15) is 11.8 Å². The van der Waals surface area contributed by atoms with E-state index >= 15 is 0 Å². The first-order valence-corrected chi connectivity index (χ1v) is 9.28. The van der Waals surface area contributed by atoms with E-state index in [1.165, 1.54) is 0 Å². The number of aryl methyl sites for hydroxylation is 1. The number of anilines is 1. The van der Waals surface area contributed by atoms with Crippen LogP contribution in [0.1, 0.15) is 37.7 Å². The Morgan fingerprint density at radius 3 is 2.67 bits per heavy atom. The lowest BCUT2D eigenvalue weighted by Gasteiger charge is -2.24. The Kier molecular flexibility index (Phi) is 6.37. The number of urea groups is 1. The Hall–Kier alpha value is -1.88. The Bertz CT molecular complexity index is 661. The quantitative estimate of drug-likeness (QED) is 0.728. The van der Waals surface area contributed by atoms with Gasteiger partial charge in [0.05, 0.1) is 12.0 Å². The van der Waals surface area contributed by atoms with Crippen molar-refractivity contribution in [3.63, 3.8) is 0 Å². The average molecular weight is 346 g/mol. The molecule has 0 bridgehead atoms. The molecule has 0 saturated carbocycles. The molecule has 1 aromatic carbocycles. The maximum absolute atomic E-state index is 12.2. The maximum Gasteiger partial charge on any atom is 0.319 e. The van der Waals surface area contributed by atoms with Crippen LogP contribution in [0.3, 0.4) is 0 Å². The number of rotatable bonds is 6. The SMILES string of the molecule is Cc1cccc(C(C)(C)C)c1NC(=O)NCCSCc1ccco1. The van der Waals surface area contributed by atoms with Gasteiger partial charge in [0.25, 0.3) is 0 Å². The van der Waals surface area contributed by atoms with Gasteiger partial charge in [-0.05, 0) is 35.6 Å². The minimum atomic E-state index is -0.159. The number of hydrogen-bond acceptors (Lipinski definition) is 3. The molecule has 0 saturated heterocycles. The number of amides is 2. The third-order valence-electron chi connectivity index (χ3n) is 3.68. The lowest BCUT2D eigenvalue weighted by Crippen LogP contribution is -2.32. The van der Waals surface area contributed by atoms with Gasteiger partial charge in [0.1, 0.15) is 5.76 Å². The number of hydrogen-bond donors (Lipinski definition) is 2. The van der Waals surface area contributed by atoms with Crippen LogP contribution < -0.4 is 10.6 Å². The predicted molar refractivity (Wildman–Crippen MR) is 102 cm³/mol. The minimum Gasteiger partial charge on any atom is -0.468 e. The highest BCUT2D eigenvalue weighted by Crippen LogP contribution is 2.31. The predicted octanol–water partition coefficient (Wildman–Crippen LogP) is 4.94. The third-order valence-corrected chi connectivity index (χ3v) is 4.66. The Morgan fingerprint density at radius 2 is 2.00 bits per heavy atom. The zero-order chi connectivity index (χ0) is 17.6. The Labute approximate surface area is 148 Å². The molecule has 130 valence electrons. The summed E-state index contributed by atoms with van der Waals surface area (Å²) in [4.78, 5) is 12.2. The molecule has 0 fully saturated rings. The van der Waals surface area contributed by atoms with Crippen molar-refractivity contribution in [1.29, 1.82) is 0 Å². The molecule has 2 amide bonds. The van der Waals surface area contributed by atoms with Crippen LogP contribution >= 0.6 is 11.8 Å². The van der Waals surface area contributed by atoms with Crippen molar-refractivity contribution in [1.82, 2.24) is 5.32 Å². The molecule has 0 aliphatic rings. The van der Waals surface area contributed by atoms with Crippen molar-refractivity contribution in [3.8, 4) is 0 Å². The number of thioether (sulfide) groups is 1. The van der Waals surface area contributed by atoms with Gasteiger partial charge in [-0.15, -0.1) is 0 Å². The molecule has 0 aliphatic heterocycles. The van der Waals surface area contributed by atoms with Crippen LogP contribution in [0.2, 0.25) is 0 Å². The van der Waals surface area contributed by atoms with E-state index in [2.05, 4.69) is 37.5 Å². The number of benzene rings is 1. The summed E-state index contributed by atoms with van der Waals surface area (Å²) in [6, 6.07) is 9.81. The summed E-state index contributed by atoms with van der Waals surface area (Å²) >= 11 is 1.73. The first-order chi connectivity index (χ1) is 11.4. The fourth-order valence-corrected chi connectivity index (χ4v) is 3.18. The zero-order valence-electron chi connectivity index (χ0n) is 14.8. The van der Waals surface area contributed by atoms with E-state index in [0.29, 0.717) is 6.54 Å². The molecule has 2 aromatic rings. The van der Waals surface area contributed by atoms with Gasteiger partial charge in [0.15, 0.2) is 0 Å². The molecule has 2 N–H and O–H groups in total. The molecule has 0 unspecified atom stereocenters. The molecule has 5 heteroatoms. The third kappa shape index (κ3) is 5.34. The van der Waals surface area contributed by atoms with Crippen LogP contribution in [0.4, 0.5) is 10.5 Å². The zero-order valence-corrected chi connectivity index (χ0v) is 15.6. The molecule has 1 aromatic heterocycles. The molecule has 2 rings (SSSR count). The summed E-state index contributed by atoms with van der Waals surface area (Å²) in [5, 5.41) is 5.93. The normalized spacial score (nSPS) is 11.3. The molecule has 24 heavy (non-hydrogen) atoms. The van der Waals surface area contributed by atoms with Gasteiger partial charge < -0.3 is 15.1 Å². The summed E-state index contributed by atoms with van der Waals surface area (Å²) in [6.45, 7) is 9.08. The largest absolute Gasteiger partial charge is 0.468 e. The van der Waals surface area contributed by atoms with Crippen molar-refractivity contribution in [2.45, 2.75) is 38.9 Å². The second-order valence-corrected chi connectivity index (χ2v) is 7.87. The molecule has 1 heterocycles.